The summed E-state index contributed by atoms with van der Waals surface area (Å²) in [6, 6.07) is 11.4. The van der Waals surface area contributed by atoms with Crippen molar-refractivity contribution in [3.63, 3.8) is 0 Å². The highest BCUT2D eigenvalue weighted by Gasteiger charge is 2.14. The summed E-state index contributed by atoms with van der Waals surface area (Å²) in [5.74, 6) is 0. The molecule has 0 fully saturated rings. The maximum absolute atomic E-state index is 12.5. The van der Waals surface area contributed by atoms with Gasteiger partial charge in [-0.3, -0.25) is 0 Å². The van der Waals surface area contributed by atoms with Crippen molar-refractivity contribution in [1.82, 2.24) is 4.57 Å². The van der Waals surface area contributed by atoms with Gasteiger partial charge in [0.1, 0.15) is 0 Å². The van der Waals surface area contributed by atoms with Gasteiger partial charge in [-0.05, 0) is 49.4 Å². The van der Waals surface area contributed by atoms with E-state index in [2.05, 4.69) is 4.40 Å². The summed E-state index contributed by atoms with van der Waals surface area (Å²) in [5.41, 5.74) is 0.909. The summed E-state index contributed by atoms with van der Waals surface area (Å²) in [5, 5.41) is 1.08. The second kappa shape index (κ2) is 6.28. The quantitative estimate of drug-likeness (QED) is 0.672. The van der Waals surface area contributed by atoms with Crippen molar-refractivity contribution in [3.8, 4) is 0 Å². The number of benzene rings is 2. The summed E-state index contributed by atoms with van der Waals surface area (Å²) in [7, 11) is -3.80. The Balaban J connectivity index is 2.22. The monoisotopic (exact) mass is 386 g/mol. The van der Waals surface area contributed by atoms with Gasteiger partial charge in [0.05, 0.1) is 15.1 Å². The molecule has 8 heteroatoms. The third-order valence-electron chi connectivity index (χ3n) is 3.27. The highest BCUT2D eigenvalue weighted by molar-refractivity contribution is 7.90. The lowest BCUT2D eigenvalue weighted by atomic mass is 10.3. The van der Waals surface area contributed by atoms with E-state index in [1.165, 1.54) is 35.6 Å². The molecule has 0 aliphatic carbocycles. The first-order valence-electron chi connectivity index (χ1n) is 6.76. The van der Waals surface area contributed by atoms with E-state index in [1.54, 1.807) is 6.07 Å². The van der Waals surface area contributed by atoms with E-state index in [0.717, 1.165) is 10.2 Å². The third-order valence-corrected chi connectivity index (χ3v) is 6.20. The molecule has 2 aromatic carbocycles. The summed E-state index contributed by atoms with van der Waals surface area (Å²) < 4.78 is 31.7. The zero-order valence-electron chi connectivity index (χ0n) is 12.0. The van der Waals surface area contributed by atoms with Crippen molar-refractivity contribution in [2.45, 2.75) is 18.4 Å². The topological polar surface area (TPSA) is 51.4 Å². The third kappa shape index (κ3) is 3.30. The second-order valence-corrected chi connectivity index (χ2v) is 8.25. The molecule has 3 rings (SSSR count). The van der Waals surface area contributed by atoms with E-state index in [1.807, 2.05) is 23.6 Å². The zero-order valence-corrected chi connectivity index (χ0v) is 15.2. The molecule has 0 radical (unpaired) electrons. The molecule has 4 nitrogen and oxygen atoms in total. The minimum absolute atomic E-state index is 0.111. The van der Waals surface area contributed by atoms with E-state index >= 15 is 0 Å². The average molecular weight is 387 g/mol. The summed E-state index contributed by atoms with van der Waals surface area (Å²) >= 11 is 13.1. The van der Waals surface area contributed by atoms with Crippen LogP contribution in [0.1, 0.15) is 6.92 Å². The van der Waals surface area contributed by atoms with E-state index < -0.39 is 10.0 Å². The van der Waals surface area contributed by atoms with Crippen LogP contribution in [0.5, 0.6) is 0 Å². The molecule has 0 aliphatic heterocycles. The van der Waals surface area contributed by atoms with Gasteiger partial charge < -0.3 is 4.57 Å². The molecule has 0 spiro atoms. The number of hydrogen-bond acceptors (Lipinski definition) is 3. The Labute approximate surface area is 147 Å². The number of hydrogen-bond donors (Lipinski definition) is 0. The maximum Gasteiger partial charge on any atom is 0.285 e. The van der Waals surface area contributed by atoms with E-state index in [9.17, 15) is 8.42 Å². The molecule has 23 heavy (non-hydrogen) atoms. The van der Waals surface area contributed by atoms with Gasteiger partial charge in [0, 0.05) is 16.6 Å². The SMILES string of the molecule is CCn1/c(=N/S(=O)(=O)c2ccc(Cl)cc2)sc2cc(Cl)ccc21. The minimum Gasteiger partial charge on any atom is -0.316 e. The number of aryl methyl sites for hydroxylation is 1. The zero-order chi connectivity index (χ0) is 16.6. The number of fused-ring (bicyclic) bond motifs is 1. The van der Waals surface area contributed by atoms with Crippen LogP contribution < -0.4 is 4.80 Å². The Morgan fingerprint density at radius 3 is 2.39 bits per heavy atom. The van der Waals surface area contributed by atoms with Gasteiger partial charge in [-0.1, -0.05) is 34.5 Å². The molecule has 0 bridgehead atoms. The van der Waals surface area contributed by atoms with E-state index in [0.29, 0.717) is 21.4 Å². The number of aromatic nitrogens is 1. The molecule has 1 heterocycles. The van der Waals surface area contributed by atoms with Crippen molar-refractivity contribution >= 4 is 54.8 Å². The standard InChI is InChI=1S/C15H12Cl2N2O2S2/c1-2-19-13-8-5-11(17)9-14(13)22-15(19)18-23(20,21)12-6-3-10(16)4-7-12/h3-9H,2H2,1H3/b18-15-. The predicted octanol–water partition coefficient (Wildman–Crippen LogP) is 4.32. The molecular weight excluding hydrogens is 375 g/mol. The van der Waals surface area contributed by atoms with Crippen LogP contribution in [0.25, 0.3) is 10.2 Å². The maximum atomic E-state index is 12.5. The molecule has 0 atom stereocenters. The van der Waals surface area contributed by atoms with E-state index in [4.69, 9.17) is 23.2 Å². The number of rotatable bonds is 3. The van der Waals surface area contributed by atoms with E-state index in [-0.39, 0.29) is 4.90 Å². The lowest BCUT2D eigenvalue weighted by molar-refractivity contribution is 0.595. The van der Waals surface area contributed by atoms with Crippen molar-refractivity contribution < 1.29 is 8.42 Å². The fourth-order valence-corrected chi connectivity index (χ4v) is 4.88. The second-order valence-electron chi connectivity index (χ2n) is 4.76. The van der Waals surface area contributed by atoms with Crippen molar-refractivity contribution in [2.24, 2.45) is 4.40 Å². The molecule has 1 aromatic heterocycles. The number of sulfonamides is 1. The lowest BCUT2D eigenvalue weighted by Crippen LogP contribution is -2.16. The molecule has 120 valence electrons. The Morgan fingerprint density at radius 2 is 1.74 bits per heavy atom. The molecule has 0 unspecified atom stereocenters. The van der Waals surface area contributed by atoms with Crippen LogP contribution in [0.2, 0.25) is 10.0 Å². The molecule has 0 saturated heterocycles. The van der Waals surface area contributed by atoms with Gasteiger partial charge >= 0.3 is 0 Å². The van der Waals surface area contributed by atoms with Crippen LogP contribution in [-0.4, -0.2) is 13.0 Å². The number of nitrogens with zero attached hydrogens (tertiary/aromatic N) is 2. The molecule has 0 saturated carbocycles. The van der Waals surface area contributed by atoms with Crippen molar-refractivity contribution in [3.05, 3.63) is 57.3 Å². The first-order chi connectivity index (χ1) is 10.9. The fourth-order valence-electron chi connectivity index (χ4n) is 2.18. The number of thiazole rings is 1. The summed E-state index contributed by atoms with van der Waals surface area (Å²) in [6.45, 7) is 2.55. The first-order valence-corrected chi connectivity index (χ1v) is 9.77. The highest BCUT2D eigenvalue weighted by Crippen LogP contribution is 2.22. The van der Waals surface area contributed by atoms with Gasteiger partial charge in [-0.25, -0.2) is 0 Å². The van der Waals surface area contributed by atoms with Crippen LogP contribution in [0.4, 0.5) is 0 Å². The Kier molecular flexibility index (Phi) is 4.51. The Morgan fingerprint density at radius 1 is 1.09 bits per heavy atom. The normalized spacial score (nSPS) is 12.9. The van der Waals surface area contributed by atoms with Crippen molar-refractivity contribution in [2.75, 3.05) is 0 Å². The van der Waals surface area contributed by atoms with Gasteiger partial charge in [-0.15, -0.1) is 4.40 Å². The van der Waals surface area contributed by atoms with Crippen LogP contribution in [0, 0.1) is 0 Å². The van der Waals surface area contributed by atoms with Crippen molar-refractivity contribution in [1.29, 1.82) is 0 Å². The molecule has 0 N–H and O–H groups in total. The number of halogens is 2. The van der Waals surface area contributed by atoms with Crippen LogP contribution >= 0.6 is 34.5 Å². The van der Waals surface area contributed by atoms with Gasteiger partial charge in [-0.2, -0.15) is 8.42 Å². The summed E-state index contributed by atoms with van der Waals surface area (Å²) in [6.07, 6.45) is 0. The first kappa shape index (κ1) is 16.5. The molecular formula is C15H12Cl2N2O2S2. The van der Waals surface area contributed by atoms with Crippen LogP contribution in [0.3, 0.4) is 0 Å². The summed E-state index contributed by atoms with van der Waals surface area (Å²) in [4.78, 5) is 0.528. The van der Waals surface area contributed by atoms with Gasteiger partial charge in [0.15, 0.2) is 0 Å². The van der Waals surface area contributed by atoms with Gasteiger partial charge in [0.25, 0.3) is 10.0 Å². The molecule has 0 aliphatic rings. The van der Waals surface area contributed by atoms with Gasteiger partial charge in [0.2, 0.25) is 4.80 Å². The smallest absolute Gasteiger partial charge is 0.285 e. The fraction of sp³-hybridized carbons (Fsp3) is 0.133. The molecule has 3 aromatic rings. The van der Waals surface area contributed by atoms with Crippen LogP contribution in [0.15, 0.2) is 51.8 Å². The van der Waals surface area contributed by atoms with Crippen LogP contribution in [-0.2, 0) is 16.6 Å². The highest BCUT2D eigenvalue weighted by atomic mass is 35.5. The minimum atomic E-state index is -3.80. The largest absolute Gasteiger partial charge is 0.316 e. The predicted molar refractivity (Wildman–Crippen MR) is 94.7 cm³/mol. The Bertz CT molecular complexity index is 1040. The average Bonchev–Trinajstić information content (AvgIpc) is 2.82. The molecule has 0 amide bonds. The Hall–Kier alpha value is -1.34. The lowest BCUT2D eigenvalue weighted by Gasteiger charge is -2.01.